The summed E-state index contributed by atoms with van der Waals surface area (Å²) in [4.78, 5) is 4.83. The summed E-state index contributed by atoms with van der Waals surface area (Å²) in [5, 5.41) is 3.57. The number of nitrogens with one attached hydrogen (secondary N) is 1. The molecule has 2 rings (SSSR count). The summed E-state index contributed by atoms with van der Waals surface area (Å²) in [6, 6.07) is 9.31. The molecule has 1 aromatic carbocycles. The molecule has 0 aromatic heterocycles. The van der Waals surface area contributed by atoms with Crippen LogP contribution >= 0.6 is 0 Å². The number of likely N-dealkylation sites (N-methyl/N-ethyl adjacent to an activating group) is 1. The Morgan fingerprint density at radius 2 is 1.94 bits per heavy atom. The summed E-state index contributed by atoms with van der Waals surface area (Å²) >= 11 is 0. The zero-order chi connectivity index (χ0) is 13.0. The van der Waals surface area contributed by atoms with Crippen LogP contribution in [0.4, 0.5) is 11.4 Å². The van der Waals surface area contributed by atoms with Gasteiger partial charge in [-0.2, -0.15) is 0 Å². The molecule has 1 unspecified atom stereocenters. The van der Waals surface area contributed by atoms with Crippen molar-refractivity contribution >= 4 is 11.4 Å². The third-order valence-electron chi connectivity index (χ3n) is 3.83. The van der Waals surface area contributed by atoms with Crippen molar-refractivity contribution in [3.63, 3.8) is 0 Å². The van der Waals surface area contributed by atoms with Gasteiger partial charge in [0, 0.05) is 39.3 Å². The second kappa shape index (κ2) is 6.10. The first-order chi connectivity index (χ1) is 8.72. The maximum Gasteiger partial charge on any atom is 0.0605 e. The first-order valence-electron chi connectivity index (χ1n) is 7.01. The molecule has 0 aliphatic carbocycles. The van der Waals surface area contributed by atoms with Gasteiger partial charge in [0.25, 0.3) is 0 Å². The molecule has 0 spiro atoms. The molecule has 1 aliphatic heterocycles. The second-order valence-electron chi connectivity index (χ2n) is 5.16. The normalized spacial score (nSPS) is 16.6. The average molecular weight is 247 g/mol. The van der Waals surface area contributed by atoms with E-state index in [9.17, 15) is 0 Å². The number of hydrogen-bond donors (Lipinski definition) is 1. The van der Waals surface area contributed by atoms with Gasteiger partial charge in [-0.15, -0.1) is 0 Å². The van der Waals surface area contributed by atoms with Gasteiger partial charge >= 0.3 is 0 Å². The standard InChI is InChI=1S/C15H25N3/c1-4-13(2)16-9-10-18-12-11-17(3)14-7-5-6-8-15(14)18/h5-8,13,16H,4,9-12H2,1-3H3. The minimum absolute atomic E-state index is 0.618. The van der Waals surface area contributed by atoms with E-state index in [4.69, 9.17) is 0 Å². The zero-order valence-corrected chi connectivity index (χ0v) is 11.8. The van der Waals surface area contributed by atoms with Crippen LogP contribution in [0.3, 0.4) is 0 Å². The fourth-order valence-electron chi connectivity index (χ4n) is 2.39. The van der Waals surface area contributed by atoms with Crippen molar-refractivity contribution < 1.29 is 0 Å². The van der Waals surface area contributed by atoms with Crippen LogP contribution in [0.1, 0.15) is 20.3 Å². The molecule has 0 amide bonds. The maximum atomic E-state index is 3.57. The van der Waals surface area contributed by atoms with Crippen molar-refractivity contribution in [3.8, 4) is 0 Å². The number of fused-ring (bicyclic) bond motifs is 1. The lowest BCUT2D eigenvalue weighted by Crippen LogP contribution is -2.43. The van der Waals surface area contributed by atoms with Gasteiger partial charge in [-0.05, 0) is 25.5 Å². The lowest BCUT2D eigenvalue weighted by Gasteiger charge is -2.37. The second-order valence-corrected chi connectivity index (χ2v) is 5.16. The monoisotopic (exact) mass is 247 g/mol. The van der Waals surface area contributed by atoms with E-state index in [-0.39, 0.29) is 0 Å². The molecular formula is C15H25N3. The Kier molecular flexibility index (Phi) is 4.48. The molecule has 0 radical (unpaired) electrons. The molecule has 0 saturated carbocycles. The van der Waals surface area contributed by atoms with Crippen LogP contribution in [0, 0.1) is 0 Å². The number of benzene rings is 1. The van der Waals surface area contributed by atoms with E-state index in [1.54, 1.807) is 0 Å². The molecule has 1 N–H and O–H groups in total. The molecule has 100 valence electrons. The summed E-state index contributed by atoms with van der Waals surface area (Å²) in [6.07, 6.45) is 1.19. The molecule has 1 atom stereocenters. The van der Waals surface area contributed by atoms with Crippen molar-refractivity contribution in [1.29, 1.82) is 0 Å². The number of para-hydroxylation sites is 2. The SMILES string of the molecule is CCC(C)NCCN1CCN(C)c2ccccc21. The Morgan fingerprint density at radius 3 is 2.67 bits per heavy atom. The number of nitrogens with zero attached hydrogens (tertiary/aromatic N) is 2. The summed E-state index contributed by atoms with van der Waals surface area (Å²) in [5.41, 5.74) is 2.73. The van der Waals surface area contributed by atoms with Crippen LogP contribution in [0.5, 0.6) is 0 Å². The fourth-order valence-corrected chi connectivity index (χ4v) is 2.39. The maximum absolute atomic E-state index is 3.57. The largest absolute Gasteiger partial charge is 0.371 e. The Labute approximate surface area is 111 Å². The lowest BCUT2D eigenvalue weighted by molar-refractivity contribution is 0.531. The van der Waals surface area contributed by atoms with E-state index in [1.165, 1.54) is 17.8 Å². The van der Waals surface area contributed by atoms with Gasteiger partial charge in [-0.1, -0.05) is 19.1 Å². The highest BCUT2D eigenvalue weighted by Crippen LogP contribution is 2.31. The number of rotatable bonds is 5. The van der Waals surface area contributed by atoms with E-state index in [1.807, 2.05) is 0 Å². The van der Waals surface area contributed by atoms with E-state index in [0.29, 0.717) is 6.04 Å². The average Bonchev–Trinajstić information content (AvgIpc) is 2.41. The molecule has 3 heteroatoms. The topological polar surface area (TPSA) is 18.5 Å². The highest BCUT2D eigenvalue weighted by atomic mass is 15.3. The number of anilines is 2. The van der Waals surface area contributed by atoms with Crippen molar-refractivity contribution in [1.82, 2.24) is 5.32 Å². The van der Waals surface area contributed by atoms with Crippen molar-refractivity contribution in [2.24, 2.45) is 0 Å². The van der Waals surface area contributed by atoms with E-state index in [0.717, 1.165) is 26.2 Å². The van der Waals surface area contributed by atoms with Crippen molar-refractivity contribution in [2.45, 2.75) is 26.3 Å². The predicted molar refractivity (Wildman–Crippen MR) is 79.7 cm³/mol. The van der Waals surface area contributed by atoms with Gasteiger partial charge in [0.15, 0.2) is 0 Å². The Balaban J connectivity index is 1.96. The highest BCUT2D eigenvalue weighted by molar-refractivity contribution is 5.73. The fraction of sp³-hybridized carbons (Fsp3) is 0.600. The molecule has 1 aromatic rings. The van der Waals surface area contributed by atoms with Crippen LogP contribution in [-0.2, 0) is 0 Å². The predicted octanol–water partition coefficient (Wildman–Crippen LogP) is 2.33. The minimum atomic E-state index is 0.618. The van der Waals surface area contributed by atoms with Crippen molar-refractivity contribution in [3.05, 3.63) is 24.3 Å². The van der Waals surface area contributed by atoms with Gasteiger partial charge in [0.1, 0.15) is 0 Å². The molecular weight excluding hydrogens is 222 g/mol. The van der Waals surface area contributed by atoms with Crippen molar-refractivity contribution in [2.75, 3.05) is 43.0 Å². The molecule has 0 saturated heterocycles. The minimum Gasteiger partial charge on any atom is -0.371 e. The molecule has 0 fully saturated rings. The van der Waals surface area contributed by atoms with E-state index < -0.39 is 0 Å². The Morgan fingerprint density at radius 1 is 1.22 bits per heavy atom. The smallest absolute Gasteiger partial charge is 0.0605 e. The Hall–Kier alpha value is -1.22. The quantitative estimate of drug-likeness (QED) is 0.861. The van der Waals surface area contributed by atoms with Gasteiger partial charge in [0.05, 0.1) is 11.4 Å². The summed E-state index contributed by atoms with van der Waals surface area (Å²) in [6.45, 7) is 8.86. The summed E-state index contributed by atoms with van der Waals surface area (Å²) < 4.78 is 0. The first-order valence-corrected chi connectivity index (χ1v) is 7.01. The van der Waals surface area contributed by atoms with Gasteiger partial charge < -0.3 is 15.1 Å². The van der Waals surface area contributed by atoms with E-state index in [2.05, 4.69) is 60.3 Å². The van der Waals surface area contributed by atoms with Crippen LogP contribution in [-0.4, -0.2) is 39.3 Å². The van der Waals surface area contributed by atoms with Crippen LogP contribution in [0.15, 0.2) is 24.3 Å². The lowest BCUT2D eigenvalue weighted by atomic mass is 10.1. The molecule has 18 heavy (non-hydrogen) atoms. The van der Waals surface area contributed by atoms with Gasteiger partial charge in [0.2, 0.25) is 0 Å². The molecule has 0 bridgehead atoms. The Bertz CT molecular complexity index is 378. The third-order valence-corrected chi connectivity index (χ3v) is 3.83. The first kappa shape index (κ1) is 13.2. The van der Waals surface area contributed by atoms with Crippen LogP contribution in [0.25, 0.3) is 0 Å². The summed E-state index contributed by atoms with van der Waals surface area (Å²) in [5.74, 6) is 0. The number of hydrogen-bond acceptors (Lipinski definition) is 3. The molecule has 1 aliphatic rings. The summed E-state index contributed by atoms with van der Waals surface area (Å²) in [7, 11) is 2.17. The van der Waals surface area contributed by atoms with Gasteiger partial charge in [-0.25, -0.2) is 0 Å². The zero-order valence-electron chi connectivity index (χ0n) is 11.8. The highest BCUT2D eigenvalue weighted by Gasteiger charge is 2.18. The molecule has 3 nitrogen and oxygen atoms in total. The van der Waals surface area contributed by atoms with Gasteiger partial charge in [-0.3, -0.25) is 0 Å². The third kappa shape index (κ3) is 2.96. The van der Waals surface area contributed by atoms with Crippen LogP contribution < -0.4 is 15.1 Å². The molecule has 1 heterocycles. The van der Waals surface area contributed by atoms with E-state index >= 15 is 0 Å². The van der Waals surface area contributed by atoms with Crippen LogP contribution in [0.2, 0.25) is 0 Å².